The van der Waals surface area contributed by atoms with Crippen molar-refractivity contribution in [1.82, 2.24) is 0 Å². The van der Waals surface area contributed by atoms with Crippen LogP contribution in [-0.4, -0.2) is 76.8 Å². The first kappa shape index (κ1) is 37.6. The number of ether oxygens (including phenoxy) is 1. The molecular formula is C29H54KO6P. The number of fused-ring (bicyclic) bond motifs is 1. The molecule has 0 amide bonds. The first-order valence-corrected chi connectivity index (χ1v) is 15.4. The number of phenols is 1. The van der Waals surface area contributed by atoms with E-state index < -0.39 is 7.82 Å². The van der Waals surface area contributed by atoms with Gasteiger partial charge >= 0.3 is 59.2 Å². The van der Waals surface area contributed by atoms with Crippen LogP contribution in [0.2, 0.25) is 0 Å². The summed E-state index contributed by atoms with van der Waals surface area (Å²) in [6.07, 6.45) is 14.1. The van der Waals surface area contributed by atoms with E-state index >= 15 is 0 Å². The van der Waals surface area contributed by atoms with E-state index in [1.807, 2.05) is 13.8 Å². The Balaban J connectivity index is 0.00000196. The molecule has 0 saturated carbocycles. The monoisotopic (exact) mass is 568 g/mol. The average molecular weight is 569 g/mol. The molecule has 1 aromatic rings. The van der Waals surface area contributed by atoms with Gasteiger partial charge < -0.3 is 24.5 Å². The van der Waals surface area contributed by atoms with E-state index in [9.17, 15) is 5.11 Å². The van der Waals surface area contributed by atoms with Gasteiger partial charge in [-0.3, -0.25) is 0 Å². The van der Waals surface area contributed by atoms with E-state index in [-0.39, 0.29) is 57.0 Å². The topological polar surface area (TPSA) is 107 Å². The Kier molecular flexibility index (Phi) is 17.7. The fourth-order valence-corrected chi connectivity index (χ4v) is 5.27. The summed E-state index contributed by atoms with van der Waals surface area (Å²) in [4.78, 5) is 21.6. The van der Waals surface area contributed by atoms with Crippen LogP contribution in [0.1, 0.15) is 121 Å². The first-order chi connectivity index (χ1) is 16.5. The van der Waals surface area contributed by atoms with Crippen LogP contribution in [0.3, 0.4) is 0 Å². The Labute approximate surface area is 269 Å². The third-order valence-corrected chi connectivity index (χ3v) is 7.87. The van der Waals surface area contributed by atoms with E-state index in [1.165, 1.54) is 56.9 Å². The number of aromatic hydroxyl groups is 1. The van der Waals surface area contributed by atoms with Crippen molar-refractivity contribution in [2.45, 2.75) is 132 Å². The molecule has 0 bridgehead atoms. The van der Waals surface area contributed by atoms with Gasteiger partial charge in [0.05, 0.1) is 0 Å². The summed E-state index contributed by atoms with van der Waals surface area (Å²) in [6, 6.07) is 0. The van der Waals surface area contributed by atoms with Gasteiger partial charge in [-0.1, -0.05) is 72.6 Å². The van der Waals surface area contributed by atoms with E-state index in [0.717, 1.165) is 59.5 Å². The van der Waals surface area contributed by atoms with Gasteiger partial charge in [-0.15, -0.1) is 0 Å². The molecule has 1 heterocycles. The minimum absolute atomic E-state index is 0. The predicted molar refractivity (Wildman–Crippen MR) is 156 cm³/mol. The maximum absolute atomic E-state index is 10.4. The second kappa shape index (κ2) is 17.4. The molecule has 1 aliphatic heterocycles. The van der Waals surface area contributed by atoms with Crippen molar-refractivity contribution in [2.24, 2.45) is 17.8 Å². The zero-order valence-corrected chi connectivity index (χ0v) is 25.0. The van der Waals surface area contributed by atoms with Gasteiger partial charge in [0, 0.05) is 5.56 Å². The van der Waals surface area contributed by atoms with Crippen LogP contribution in [0.5, 0.6) is 11.5 Å². The molecule has 8 heteroatoms. The van der Waals surface area contributed by atoms with Crippen molar-refractivity contribution in [1.29, 1.82) is 0 Å². The van der Waals surface area contributed by atoms with Gasteiger partial charge in [0.25, 0.3) is 0 Å². The van der Waals surface area contributed by atoms with E-state index in [2.05, 4.69) is 41.5 Å². The minimum atomic E-state index is -4.64. The Morgan fingerprint density at radius 3 is 1.78 bits per heavy atom. The van der Waals surface area contributed by atoms with Crippen LogP contribution in [0.4, 0.5) is 0 Å². The summed E-state index contributed by atoms with van der Waals surface area (Å²) in [7, 11) is -4.64. The summed E-state index contributed by atoms with van der Waals surface area (Å²) in [5.74, 6) is 4.04. The Morgan fingerprint density at radius 2 is 1.30 bits per heavy atom. The number of hydrogen-bond acceptors (Lipinski definition) is 3. The van der Waals surface area contributed by atoms with Crippen molar-refractivity contribution < 1.29 is 29.1 Å². The summed E-state index contributed by atoms with van der Waals surface area (Å²) >= 11 is 0. The molecule has 0 aromatic heterocycles. The van der Waals surface area contributed by atoms with Crippen molar-refractivity contribution in [3.63, 3.8) is 0 Å². The Hall–Kier alpha value is 0.566. The van der Waals surface area contributed by atoms with Crippen LogP contribution < -0.4 is 4.74 Å². The predicted octanol–water partition coefficient (Wildman–Crippen LogP) is 7.26. The third-order valence-electron chi connectivity index (χ3n) is 7.87. The quantitative estimate of drug-likeness (QED) is 0.156. The number of phosphoric acid groups is 1. The summed E-state index contributed by atoms with van der Waals surface area (Å²) in [5, 5.41) is 10.4. The van der Waals surface area contributed by atoms with E-state index in [1.54, 1.807) is 0 Å². The molecule has 37 heavy (non-hydrogen) atoms. The van der Waals surface area contributed by atoms with Gasteiger partial charge in [-0.2, -0.15) is 0 Å². The van der Waals surface area contributed by atoms with Crippen LogP contribution >= 0.6 is 7.82 Å². The molecule has 0 spiro atoms. The molecule has 1 aliphatic rings. The van der Waals surface area contributed by atoms with Crippen LogP contribution in [0, 0.1) is 38.5 Å². The van der Waals surface area contributed by atoms with Crippen LogP contribution in [0.25, 0.3) is 0 Å². The second-order valence-electron chi connectivity index (χ2n) is 12.0. The van der Waals surface area contributed by atoms with Crippen molar-refractivity contribution in [3.8, 4) is 11.5 Å². The molecule has 212 valence electrons. The number of phenolic OH excluding ortho intramolecular Hbond substituents is 1. The van der Waals surface area contributed by atoms with Gasteiger partial charge in [-0.05, 0) is 87.8 Å². The Morgan fingerprint density at radius 1 is 0.838 bits per heavy atom. The zero-order valence-electron chi connectivity index (χ0n) is 24.1. The number of benzene rings is 1. The molecular weight excluding hydrogens is 514 g/mol. The molecule has 0 saturated heterocycles. The fraction of sp³-hybridized carbons (Fsp3) is 0.793. The van der Waals surface area contributed by atoms with Gasteiger partial charge in [-0.25, -0.2) is 4.57 Å². The molecule has 0 aliphatic carbocycles. The van der Waals surface area contributed by atoms with E-state index in [4.69, 9.17) is 24.0 Å². The molecule has 6 nitrogen and oxygen atoms in total. The third kappa shape index (κ3) is 14.7. The SMILES string of the molecule is Cc1c(C)c2c(c(C)c1O)CC[C@@](C)(CCCC(C)CCCC(C)CCCC(C)C)O2.O=P(O)(O)O.[KH]. The van der Waals surface area contributed by atoms with Crippen molar-refractivity contribution >= 4 is 59.2 Å². The molecule has 4 N–H and O–H groups in total. The standard InChI is InChI=1S/C29H50O2.K.H3O4P.H/c1-20(2)12-9-13-21(3)14-10-15-22(4)16-11-18-29(8)19-17-26-25(7)27(30)23(5)24(6)28(26)31-29;;1-5(2,3)4;/h20-22,30H,9-19H2,1-8H3;;(H3,1,2,3,4);/t21?,22?,29-;;;/m1.../s1. The summed E-state index contributed by atoms with van der Waals surface area (Å²) < 4.78 is 15.5. The van der Waals surface area contributed by atoms with Gasteiger partial charge in [0.1, 0.15) is 17.1 Å². The van der Waals surface area contributed by atoms with Crippen LogP contribution in [-0.2, 0) is 11.0 Å². The number of hydrogen-bond donors (Lipinski definition) is 4. The summed E-state index contributed by atoms with van der Waals surface area (Å²) in [5.41, 5.74) is 4.23. The Bertz CT molecular complexity index is 860. The molecule has 2 unspecified atom stereocenters. The normalized spacial score (nSPS) is 18.7. The van der Waals surface area contributed by atoms with Crippen LogP contribution in [0.15, 0.2) is 0 Å². The first-order valence-electron chi connectivity index (χ1n) is 13.8. The average Bonchev–Trinajstić information content (AvgIpc) is 2.74. The van der Waals surface area contributed by atoms with E-state index in [0.29, 0.717) is 5.75 Å². The molecule has 0 fully saturated rings. The fourth-order valence-electron chi connectivity index (χ4n) is 5.27. The molecule has 3 atom stereocenters. The zero-order chi connectivity index (χ0) is 27.7. The van der Waals surface area contributed by atoms with Crippen molar-refractivity contribution in [3.05, 3.63) is 22.3 Å². The number of rotatable bonds is 12. The van der Waals surface area contributed by atoms with Gasteiger partial charge in [0.2, 0.25) is 0 Å². The van der Waals surface area contributed by atoms with Gasteiger partial charge in [0.15, 0.2) is 0 Å². The molecule has 2 rings (SSSR count). The molecule has 0 radical (unpaired) electrons. The second-order valence-corrected chi connectivity index (χ2v) is 13.0. The molecule has 1 aromatic carbocycles. The van der Waals surface area contributed by atoms with Crippen molar-refractivity contribution in [2.75, 3.05) is 0 Å². The maximum atomic E-state index is 10.4. The summed E-state index contributed by atoms with van der Waals surface area (Å²) in [6.45, 7) is 17.9.